The third kappa shape index (κ3) is 3.43. The molecule has 1 aromatic heterocycles. The van der Waals surface area contributed by atoms with E-state index in [0.29, 0.717) is 19.0 Å². The standard InChI is InChI=1S/C16H23F3N4O/c1-2-23-14(16(17,18)19)13(9-20-23)15(24)22-8-5-12(11-22)10-21-6-3-4-7-21/h9,12H,2-8,10-11H2,1H3. The summed E-state index contributed by atoms with van der Waals surface area (Å²) in [7, 11) is 0. The number of hydrogen-bond acceptors (Lipinski definition) is 3. The number of nitrogens with zero attached hydrogens (tertiary/aromatic N) is 4. The van der Waals surface area contributed by atoms with Gasteiger partial charge in [0, 0.05) is 26.2 Å². The Kier molecular flexibility index (Phi) is 4.85. The highest BCUT2D eigenvalue weighted by Gasteiger charge is 2.41. The lowest BCUT2D eigenvalue weighted by Crippen LogP contribution is -2.33. The summed E-state index contributed by atoms with van der Waals surface area (Å²) >= 11 is 0. The van der Waals surface area contributed by atoms with Gasteiger partial charge in [0.25, 0.3) is 5.91 Å². The van der Waals surface area contributed by atoms with Crippen molar-refractivity contribution in [3.05, 3.63) is 17.5 Å². The number of alkyl halides is 3. The van der Waals surface area contributed by atoms with Crippen LogP contribution in [0.3, 0.4) is 0 Å². The lowest BCUT2D eigenvalue weighted by atomic mass is 10.1. The Labute approximate surface area is 139 Å². The number of likely N-dealkylation sites (tertiary alicyclic amines) is 2. The Bertz CT molecular complexity index is 593. The summed E-state index contributed by atoms with van der Waals surface area (Å²) in [4.78, 5) is 16.5. The fourth-order valence-corrected chi connectivity index (χ4v) is 3.75. The van der Waals surface area contributed by atoms with Crippen LogP contribution in [0.2, 0.25) is 0 Å². The van der Waals surface area contributed by atoms with E-state index in [4.69, 9.17) is 0 Å². The molecule has 5 nitrogen and oxygen atoms in total. The maximum absolute atomic E-state index is 13.3. The van der Waals surface area contributed by atoms with Gasteiger partial charge < -0.3 is 9.80 Å². The topological polar surface area (TPSA) is 41.4 Å². The van der Waals surface area contributed by atoms with Gasteiger partial charge in [0.15, 0.2) is 5.69 Å². The van der Waals surface area contributed by atoms with Gasteiger partial charge in [-0.15, -0.1) is 0 Å². The molecular weight excluding hydrogens is 321 g/mol. The summed E-state index contributed by atoms with van der Waals surface area (Å²) in [6.45, 7) is 5.83. The number of halogens is 3. The third-order valence-electron chi connectivity index (χ3n) is 4.93. The van der Waals surface area contributed by atoms with Gasteiger partial charge in [0.05, 0.1) is 11.8 Å². The van der Waals surface area contributed by atoms with Crippen LogP contribution in [-0.2, 0) is 12.7 Å². The van der Waals surface area contributed by atoms with Gasteiger partial charge in [0.2, 0.25) is 0 Å². The van der Waals surface area contributed by atoms with Crippen LogP contribution in [0.1, 0.15) is 42.2 Å². The number of carbonyl (C=O) groups excluding carboxylic acids is 1. The SMILES string of the molecule is CCn1ncc(C(=O)N2CCC(CN3CCCC3)C2)c1C(F)(F)F. The molecule has 0 N–H and O–H groups in total. The largest absolute Gasteiger partial charge is 0.433 e. The highest BCUT2D eigenvalue weighted by molar-refractivity contribution is 5.95. The van der Waals surface area contributed by atoms with E-state index in [-0.39, 0.29) is 12.1 Å². The summed E-state index contributed by atoms with van der Waals surface area (Å²) in [5, 5.41) is 3.74. The molecule has 134 valence electrons. The summed E-state index contributed by atoms with van der Waals surface area (Å²) in [5.41, 5.74) is -1.26. The van der Waals surface area contributed by atoms with Crippen molar-refractivity contribution in [2.75, 3.05) is 32.7 Å². The average Bonchev–Trinajstić information content (AvgIpc) is 3.26. The van der Waals surface area contributed by atoms with Crippen molar-refractivity contribution in [3.63, 3.8) is 0 Å². The maximum atomic E-state index is 13.3. The van der Waals surface area contributed by atoms with Gasteiger partial charge in [-0.3, -0.25) is 9.48 Å². The summed E-state index contributed by atoms with van der Waals surface area (Å²) in [6.07, 6.45) is -0.249. The minimum Gasteiger partial charge on any atom is -0.338 e. The Morgan fingerprint density at radius 3 is 2.62 bits per heavy atom. The zero-order valence-electron chi connectivity index (χ0n) is 13.8. The van der Waals surface area contributed by atoms with Crippen LogP contribution >= 0.6 is 0 Å². The second kappa shape index (κ2) is 6.74. The quantitative estimate of drug-likeness (QED) is 0.843. The molecule has 0 spiro atoms. The molecule has 3 heterocycles. The molecule has 1 amide bonds. The van der Waals surface area contributed by atoms with Gasteiger partial charge in [0.1, 0.15) is 0 Å². The van der Waals surface area contributed by atoms with Crippen LogP contribution in [0.15, 0.2) is 6.20 Å². The number of carbonyl (C=O) groups is 1. The van der Waals surface area contributed by atoms with E-state index >= 15 is 0 Å². The van der Waals surface area contributed by atoms with Crippen molar-refractivity contribution in [1.29, 1.82) is 0 Å². The third-order valence-corrected chi connectivity index (χ3v) is 4.93. The van der Waals surface area contributed by atoms with Crippen molar-refractivity contribution in [3.8, 4) is 0 Å². The Balaban J connectivity index is 1.70. The number of hydrogen-bond donors (Lipinski definition) is 0. The fraction of sp³-hybridized carbons (Fsp3) is 0.750. The Morgan fingerprint density at radius 2 is 2.00 bits per heavy atom. The second-order valence-electron chi connectivity index (χ2n) is 6.63. The van der Waals surface area contributed by atoms with E-state index < -0.39 is 17.8 Å². The average molecular weight is 344 g/mol. The first-order valence-corrected chi connectivity index (χ1v) is 8.54. The first kappa shape index (κ1) is 17.3. The lowest BCUT2D eigenvalue weighted by Gasteiger charge is -2.21. The van der Waals surface area contributed by atoms with E-state index in [2.05, 4.69) is 10.00 Å². The van der Waals surface area contributed by atoms with Gasteiger partial charge in [-0.25, -0.2) is 0 Å². The van der Waals surface area contributed by atoms with Crippen LogP contribution in [0, 0.1) is 5.92 Å². The second-order valence-corrected chi connectivity index (χ2v) is 6.63. The van der Waals surface area contributed by atoms with Gasteiger partial charge in [-0.05, 0) is 45.2 Å². The molecule has 24 heavy (non-hydrogen) atoms. The molecule has 0 aliphatic carbocycles. The lowest BCUT2D eigenvalue weighted by molar-refractivity contribution is -0.144. The fourth-order valence-electron chi connectivity index (χ4n) is 3.75. The molecule has 3 rings (SSSR count). The molecule has 2 aliphatic rings. The van der Waals surface area contributed by atoms with Crippen LogP contribution in [0.4, 0.5) is 13.2 Å². The van der Waals surface area contributed by atoms with E-state index in [1.807, 2.05) is 0 Å². The van der Waals surface area contributed by atoms with E-state index in [1.165, 1.54) is 12.8 Å². The van der Waals surface area contributed by atoms with E-state index in [0.717, 1.165) is 36.9 Å². The van der Waals surface area contributed by atoms with Crippen LogP contribution in [-0.4, -0.2) is 58.2 Å². The molecule has 0 aromatic carbocycles. The normalized spacial score (nSPS) is 22.5. The molecule has 0 radical (unpaired) electrons. The van der Waals surface area contributed by atoms with E-state index in [9.17, 15) is 18.0 Å². The Morgan fingerprint density at radius 1 is 1.29 bits per heavy atom. The van der Waals surface area contributed by atoms with E-state index in [1.54, 1.807) is 11.8 Å². The predicted octanol–water partition coefficient (Wildman–Crippen LogP) is 2.48. The maximum Gasteiger partial charge on any atom is 0.433 e. The molecule has 0 saturated carbocycles. The molecular formula is C16H23F3N4O. The molecule has 2 saturated heterocycles. The molecule has 2 fully saturated rings. The predicted molar refractivity (Wildman–Crippen MR) is 82.6 cm³/mol. The van der Waals surface area contributed by atoms with Crippen molar-refractivity contribution in [2.45, 2.75) is 38.9 Å². The summed E-state index contributed by atoms with van der Waals surface area (Å²) < 4.78 is 40.7. The minimum absolute atomic E-state index is 0.0830. The molecule has 2 aliphatic heterocycles. The molecule has 1 aromatic rings. The zero-order valence-corrected chi connectivity index (χ0v) is 13.8. The van der Waals surface area contributed by atoms with Crippen molar-refractivity contribution in [1.82, 2.24) is 19.6 Å². The van der Waals surface area contributed by atoms with Crippen LogP contribution in [0.25, 0.3) is 0 Å². The first-order valence-electron chi connectivity index (χ1n) is 8.54. The molecule has 1 atom stereocenters. The van der Waals surface area contributed by atoms with Crippen LogP contribution in [0.5, 0.6) is 0 Å². The molecule has 8 heteroatoms. The zero-order chi connectivity index (χ0) is 17.3. The first-order chi connectivity index (χ1) is 11.4. The number of aryl methyl sites for hydroxylation is 1. The number of aromatic nitrogens is 2. The van der Waals surface area contributed by atoms with Crippen molar-refractivity contribution < 1.29 is 18.0 Å². The summed E-state index contributed by atoms with van der Waals surface area (Å²) in [6, 6.07) is 0. The number of rotatable bonds is 4. The van der Waals surface area contributed by atoms with Gasteiger partial charge >= 0.3 is 6.18 Å². The molecule has 0 bridgehead atoms. The molecule has 1 unspecified atom stereocenters. The van der Waals surface area contributed by atoms with Crippen LogP contribution < -0.4 is 0 Å². The highest BCUT2D eigenvalue weighted by atomic mass is 19.4. The Hall–Kier alpha value is -1.57. The smallest absolute Gasteiger partial charge is 0.338 e. The van der Waals surface area contributed by atoms with Gasteiger partial charge in [-0.2, -0.15) is 18.3 Å². The summed E-state index contributed by atoms with van der Waals surface area (Å²) in [5.74, 6) is -0.200. The van der Waals surface area contributed by atoms with Crippen molar-refractivity contribution >= 4 is 5.91 Å². The van der Waals surface area contributed by atoms with Gasteiger partial charge in [-0.1, -0.05) is 0 Å². The monoisotopic (exact) mass is 344 g/mol. The highest BCUT2D eigenvalue weighted by Crippen LogP contribution is 2.33. The number of amides is 1. The minimum atomic E-state index is -4.58. The van der Waals surface area contributed by atoms with Crippen molar-refractivity contribution in [2.24, 2.45) is 5.92 Å².